The molecule has 1 aromatic rings. The van der Waals surface area contributed by atoms with Crippen molar-refractivity contribution in [2.24, 2.45) is 0 Å². The molecule has 3 amide bonds. The Morgan fingerprint density at radius 1 is 1.19 bits per heavy atom. The summed E-state index contributed by atoms with van der Waals surface area (Å²) in [5, 5.41) is 3.04. The average molecular weight is 356 g/mol. The monoisotopic (exact) mass is 356 g/mol. The van der Waals surface area contributed by atoms with Crippen molar-refractivity contribution in [3.05, 3.63) is 29.3 Å². The van der Waals surface area contributed by atoms with Crippen molar-refractivity contribution in [3.63, 3.8) is 0 Å². The quantitative estimate of drug-likeness (QED) is 0.828. The van der Waals surface area contributed by atoms with E-state index in [2.05, 4.69) is 17.4 Å². The predicted molar refractivity (Wildman–Crippen MR) is 94.0 cm³/mol. The highest BCUT2D eigenvalue weighted by Gasteiger charge is 2.70. The fraction of sp³-hybridized carbons (Fsp3) is 0.600. The Kier molecular flexibility index (Phi) is 3.24. The molecule has 0 bridgehead atoms. The molecule has 138 valence electrons. The van der Waals surface area contributed by atoms with E-state index in [1.165, 1.54) is 23.3 Å². The fourth-order valence-corrected chi connectivity index (χ4v) is 5.04. The SMILES string of the molecule is COC1CCC2(CC1)Oc1ccc(C3CC3)cc1C21NC(=O)N(C)C1=O. The van der Waals surface area contributed by atoms with E-state index >= 15 is 0 Å². The van der Waals surface area contributed by atoms with Gasteiger partial charge in [0, 0.05) is 19.7 Å². The number of benzene rings is 1. The summed E-state index contributed by atoms with van der Waals surface area (Å²) in [6.45, 7) is 0. The van der Waals surface area contributed by atoms with Gasteiger partial charge >= 0.3 is 6.03 Å². The van der Waals surface area contributed by atoms with Gasteiger partial charge in [0.15, 0.2) is 5.54 Å². The second kappa shape index (κ2) is 5.22. The fourth-order valence-electron chi connectivity index (χ4n) is 5.04. The van der Waals surface area contributed by atoms with E-state index in [4.69, 9.17) is 9.47 Å². The summed E-state index contributed by atoms with van der Waals surface area (Å²) < 4.78 is 12.0. The van der Waals surface area contributed by atoms with E-state index in [1.807, 2.05) is 6.07 Å². The number of hydrogen-bond acceptors (Lipinski definition) is 4. The van der Waals surface area contributed by atoms with Crippen LogP contribution in [0.2, 0.25) is 0 Å². The highest BCUT2D eigenvalue weighted by Crippen LogP contribution is 2.57. The zero-order valence-electron chi connectivity index (χ0n) is 15.2. The molecule has 1 atom stereocenters. The number of likely N-dealkylation sites (N-methyl/N-ethyl adjacent to an activating group) is 1. The van der Waals surface area contributed by atoms with Gasteiger partial charge in [-0.25, -0.2) is 4.79 Å². The molecule has 4 aliphatic rings. The third-order valence-corrected chi connectivity index (χ3v) is 6.74. The number of urea groups is 1. The third kappa shape index (κ3) is 1.91. The van der Waals surface area contributed by atoms with Gasteiger partial charge in [-0.1, -0.05) is 6.07 Å². The highest BCUT2D eigenvalue weighted by atomic mass is 16.5. The minimum atomic E-state index is -1.11. The molecule has 6 nitrogen and oxygen atoms in total. The number of nitrogens with one attached hydrogen (secondary N) is 1. The number of carbonyl (C=O) groups excluding carboxylic acids is 2. The molecule has 1 aromatic carbocycles. The second-order valence-corrected chi connectivity index (χ2v) is 8.11. The zero-order valence-corrected chi connectivity index (χ0v) is 15.2. The van der Waals surface area contributed by atoms with Crippen LogP contribution in [0.1, 0.15) is 55.6 Å². The largest absolute Gasteiger partial charge is 0.483 e. The Morgan fingerprint density at radius 3 is 2.50 bits per heavy atom. The molecule has 2 spiro atoms. The van der Waals surface area contributed by atoms with E-state index in [0.29, 0.717) is 18.8 Å². The van der Waals surface area contributed by atoms with Gasteiger partial charge in [0.05, 0.1) is 6.10 Å². The Hall–Kier alpha value is -2.08. The molecule has 1 saturated heterocycles. The first-order valence-electron chi connectivity index (χ1n) is 9.47. The summed E-state index contributed by atoms with van der Waals surface area (Å²) in [6, 6.07) is 5.84. The van der Waals surface area contributed by atoms with E-state index in [-0.39, 0.29) is 18.0 Å². The normalized spacial score (nSPS) is 35.8. The van der Waals surface area contributed by atoms with Crippen molar-refractivity contribution in [1.29, 1.82) is 0 Å². The number of methoxy groups -OCH3 is 1. The van der Waals surface area contributed by atoms with Gasteiger partial charge < -0.3 is 14.8 Å². The second-order valence-electron chi connectivity index (χ2n) is 8.11. The average Bonchev–Trinajstić information content (AvgIpc) is 3.43. The first kappa shape index (κ1) is 16.1. The van der Waals surface area contributed by atoms with Gasteiger partial charge in [-0.2, -0.15) is 0 Å². The Bertz CT molecular complexity index is 795. The van der Waals surface area contributed by atoms with Crippen LogP contribution in [0.4, 0.5) is 4.79 Å². The van der Waals surface area contributed by atoms with E-state index < -0.39 is 11.1 Å². The predicted octanol–water partition coefficient (Wildman–Crippen LogP) is 2.66. The van der Waals surface area contributed by atoms with Gasteiger partial charge in [-0.3, -0.25) is 9.69 Å². The molecule has 0 aromatic heterocycles. The third-order valence-electron chi connectivity index (χ3n) is 6.74. The first-order chi connectivity index (χ1) is 12.5. The zero-order chi connectivity index (χ0) is 18.1. The summed E-state index contributed by atoms with van der Waals surface area (Å²) in [4.78, 5) is 27.0. The number of fused-ring (bicyclic) bond motifs is 3. The van der Waals surface area contributed by atoms with Crippen LogP contribution in [0.25, 0.3) is 0 Å². The molecule has 0 radical (unpaired) electrons. The van der Waals surface area contributed by atoms with Gasteiger partial charge in [0.2, 0.25) is 0 Å². The minimum absolute atomic E-state index is 0.178. The van der Waals surface area contributed by atoms with E-state index in [9.17, 15) is 9.59 Å². The maximum Gasteiger partial charge on any atom is 0.325 e. The number of nitrogens with zero attached hydrogens (tertiary/aromatic N) is 1. The lowest BCUT2D eigenvalue weighted by Crippen LogP contribution is -2.63. The summed E-state index contributed by atoms with van der Waals surface area (Å²) in [7, 11) is 3.27. The maximum absolute atomic E-state index is 13.4. The number of amides is 3. The van der Waals surface area contributed by atoms with Crippen LogP contribution in [0.3, 0.4) is 0 Å². The molecular weight excluding hydrogens is 332 g/mol. The Labute approximate surface area is 152 Å². The van der Waals surface area contributed by atoms with Gasteiger partial charge in [0.1, 0.15) is 11.4 Å². The number of hydrogen-bond donors (Lipinski definition) is 1. The molecule has 2 saturated carbocycles. The standard InChI is InChI=1S/C20H24N2O4/c1-22-17(23)20(21-18(22)24)15-11-13(12-3-4-12)5-6-16(15)26-19(20)9-7-14(25-2)8-10-19/h5-6,11-12,14H,3-4,7-10H2,1-2H3,(H,21,24). The molecule has 2 aliphatic carbocycles. The molecule has 3 fully saturated rings. The summed E-state index contributed by atoms with van der Waals surface area (Å²) >= 11 is 0. The topological polar surface area (TPSA) is 67.9 Å². The number of ether oxygens (including phenoxy) is 2. The van der Waals surface area contributed by atoms with Crippen molar-refractivity contribution in [2.75, 3.05) is 14.2 Å². The van der Waals surface area contributed by atoms with Crippen LogP contribution >= 0.6 is 0 Å². The summed E-state index contributed by atoms with van der Waals surface area (Å²) in [5.74, 6) is 1.10. The number of imide groups is 1. The number of rotatable bonds is 2. The molecular formula is C20H24N2O4. The molecule has 5 rings (SSSR count). The van der Waals surface area contributed by atoms with Crippen molar-refractivity contribution < 1.29 is 19.1 Å². The van der Waals surface area contributed by atoms with Crippen LogP contribution in [-0.4, -0.2) is 42.7 Å². The van der Waals surface area contributed by atoms with Crippen molar-refractivity contribution in [1.82, 2.24) is 10.2 Å². The Morgan fingerprint density at radius 2 is 1.92 bits per heavy atom. The van der Waals surface area contributed by atoms with Crippen molar-refractivity contribution in [3.8, 4) is 5.75 Å². The van der Waals surface area contributed by atoms with Gasteiger partial charge in [0.25, 0.3) is 5.91 Å². The Balaban J connectivity index is 1.65. The molecule has 1 unspecified atom stereocenters. The van der Waals surface area contributed by atoms with Crippen molar-refractivity contribution in [2.45, 2.75) is 61.7 Å². The van der Waals surface area contributed by atoms with Crippen LogP contribution in [0.5, 0.6) is 5.75 Å². The van der Waals surface area contributed by atoms with E-state index in [1.54, 1.807) is 14.2 Å². The highest BCUT2D eigenvalue weighted by molar-refractivity contribution is 6.09. The van der Waals surface area contributed by atoms with E-state index in [0.717, 1.165) is 24.2 Å². The van der Waals surface area contributed by atoms with Gasteiger partial charge in [-0.15, -0.1) is 0 Å². The number of carbonyl (C=O) groups is 2. The van der Waals surface area contributed by atoms with Crippen LogP contribution in [-0.2, 0) is 15.1 Å². The maximum atomic E-state index is 13.4. The summed E-state index contributed by atoms with van der Waals surface area (Å²) in [6.07, 6.45) is 5.54. The minimum Gasteiger partial charge on any atom is -0.483 e. The summed E-state index contributed by atoms with van der Waals surface area (Å²) in [5.41, 5.74) is 0.230. The lowest BCUT2D eigenvalue weighted by molar-refractivity contribution is -0.141. The van der Waals surface area contributed by atoms with Crippen LogP contribution in [0, 0.1) is 0 Å². The smallest absolute Gasteiger partial charge is 0.325 e. The molecule has 26 heavy (non-hydrogen) atoms. The lowest BCUT2D eigenvalue weighted by Gasteiger charge is -2.44. The molecule has 2 heterocycles. The molecule has 2 aliphatic heterocycles. The van der Waals surface area contributed by atoms with Crippen molar-refractivity contribution >= 4 is 11.9 Å². The molecule has 1 N–H and O–H groups in total. The lowest BCUT2D eigenvalue weighted by atomic mass is 9.68. The first-order valence-corrected chi connectivity index (χ1v) is 9.47. The molecule has 6 heteroatoms. The van der Waals surface area contributed by atoms with Crippen LogP contribution in [0.15, 0.2) is 18.2 Å². The van der Waals surface area contributed by atoms with Crippen LogP contribution < -0.4 is 10.1 Å². The van der Waals surface area contributed by atoms with Gasteiger partial charge in [-0.05, 0) is 62.1 Å².